The van der Waals surface area contributed by atoms with Gasteiger partial charge < -0.3 is 0 Å². The molecule has 0 amide bonds. The van der Waals surface area contributed by atoms with Crippen LogP contribution < -0.4 is 4.72 Å². The molecule has 1 aromatic heterocycles. The van der Waals surface area contributed by atoms with Gasteiger partial charge in [-0.2, -0.15) is 5.10 Å². The highest BCUT2D eigenvalue weighted by Gasteiger charge is 2.11. The maximum atomic E-state index is 11.4. The number of nitrogens with one attached hydrogen (secondary N) is 2. The average molecular weight is 231 g/mol. The molecule has 1 heterocycles. The standard InChI is InChI=1S/C9H17N3O2S/c1-4-5-15(13,14)12-9-6-8(7(2)3)10-11-9/h6-7H,4-5H2,1-3H3,(H2,10,11,12). The average Bonchev–Trinajstić information content (AvgIpc) is 2.51. The van der Waals surface area contributed by atoms with Gasteiger partial charge in [0, 0.05) is 11.8 Å². The van der Waals surface area contributed by atoms with Crippen molar-refractivity contribution in [2.45, 2.75) is 33.1 Å². The molecule has 0 aliphatic heterocycles. The molecular weight excluding hydrogens is 214 g/mol. The number of nitrogens with zero attached hydrogens (tertiary/aromatic N) is 1. The molecule has 0 atom stereocenters. The summed E-state index contributed by atoms with van der Waals surface area (Å²) in [5, 5.41) is 6.68. The first kappa shape index (κ1) is 12.0. The number of hydrogen-bond donors (Lipinski definition) is 2. The third-order valence-electron chi connectivity index (χ3n) is 1.95. The van der Waals surface area contributed by atoms with Crippen LogP contribution in [0.25, 0.3) is 0 Å². The normalized spacial score (nSPS) is 12.0. The van der Waals surface area contributed by atoms with Crippen LogP contribution in [0.4, 0.5) is 5.82 Å². The monoisotopic (exact) mass is 231 g/mol. The Bertz CT molecular complexity index is 409. The summed E-state index contributed by atoms with van der Waals surface area (Å²) in [6.45, 7) is 5.85. The van der Waals surface area contributed by atoms with Crippen molar-refractivity contribution in [2.24, 2.45) is 0 Å². The van der Waals surface area contributed by atoms with Gasteiger partial charge in [-0.15, -0.1) is 0 Å². The van der Waals surface area contributed by atoms with E-state index in [1.165, 1.54) is 0 Å². The minimum absolute atomic E-state index is 0.122. The summed E-state index contributed by atoms with van der Waals surface area (Å²) >= 11 is 0. The maximum Gasteiger partial charge on any atom is 0.233 e. The van der Waals surface area contributed by atoms with Crippen LogP contribution in [0.2, 0.25) is 0 Å². The van der Waals surface area contributed by atoms with Crippen molar-refractivity contribution in [3.05, 3.63) is 11.8 Å². The summed E-state index contributed by atoms with van der Waals surface area (Å²) in [6, 6.07) is 1.72. The van der Waals surface area contributed by atoms with E-state index in [2.05, 4.69) is 14.9 Å². The van der Waals surface area contributed by atoms with Gasteiger partial charge >= 0.3 is 0 Å². The lowest BCUT2D eigenvalue weighted by Crippen LogP contribution is -2.16. The fraction of sp³-hybridized carbons (Fsp3) is 0.667. The topological polar surface area (TPSA) is 74.8 Å². The fourth-order valence-corrected chi connectivity index (χ4v) is 2.23. The van der Waals surface area contributed by atoms with Crippen molar-refractivity contribution in [3.63, 3.8) is 0 Å². The molecule has 0 saturated heterocycles. The third-order valence-corrected chi connectivity index (χ3v) is 3.42. The van der Waals surface area contributed by atoms with E-state index in [1.807, 2.05) is 20.8 Å². The molecule has 15 heavy (non-hydrogen) atoms. The van der Waals surface area contributed by atoms with Crippen molar-refractivity contribution in [2.75, 3.05) is 10.5 Å². The Morgan fingerprint density at radius 2 is 2.20 bits per heavy atom. The van der Waals surface area contributed by atoms with Crippen LogP contribution in [0.3, 0.4) is 0 Å². The van der Waals surface area contributed by atoms with Crippen molar-refractivity contribution >= 4 is 15.8 Å². The van der Waals surface area contributed by atoms with E-state index in [0.717, 1.165) is 5.69 Å². The smallest absolute Gasteiger partial charge is 0.233 e. The highest BCUT2D eigenvalue weighted by Crippen LogP contribution is 2.15. The quantitative estimate of drug-likeness (QED) is 0.809. The Morgan fingerprint density at radius 1 is 1.53 bits per heavy atom. The molecule has 0 spiro atoms. The predicted octanol–water partition coefficient (Wildman–Crippen LogP) is 1.68. The molecule has 0 unspecified atom stereocenters. The predicted molar refractivity (Wildman–Crippen MR) is 60.4 cm³/mol. The second-order valence-corrected chi connectivity index (χ2v) is 5.63. The van der Waals surface area contributed by atoms with E-state index in [0.29, 0.717) is 18.2 Å². The van der Waals surface area contributed by atoms with Crippen LogP contribution in [0.5, 0.6) is 0 Å². The zero-order valence-corrected chi connectivity index (χ0v) is 10.1. The Kier molecular flexibility index (Phi) is 3.73. The van der Waals surface area contributed by atoms with Gasteiger partial charge in [-0.25, -0.2) is 8.42 Å². The van der Waals surface area contributed by atoms with E-state index in [-0.39, 0.29) is 5.75 Å². The number of hydrogen-bond acceptors (Lipinski definition) is 3. The molecule has 0 aromatic carbocycles. The summed E-state index contributed by atoms with van der Waals surface area (Å²) in [7, 11) is -3.23. The number of sulfonamides is 1. The van der Waals surface area contributed by atoms with Crippen molar-refractivity contribution in [3.8, 4) is 0 Å². The fourth-order valence-electron chi connectivity index (χ4n) is 1.16. The first-order valence-corrected chi connectivity index (χ1v) is 6.65. The van der Waals surface area contributed by atoms with Crippen LogP contribution in [-0.4, -0.2) is 24.4 Å². The second-order valence-electron chi connectivity index (χ2n) is 3.78. The lowest BCUT2D eigenvalue weighted by atomic mass is 10.1. The Hall–Kier alpha value is -1.04. The summed E-state index contributed by atoms with van der Waals surface area (Å²) in [5.74, 6) is 0.797. The van der Waals surface area contributed by atoms with Gasteiger partial charge in [0.2, 0.25) is 10.0 Å². The van der Waals surface area contributed by atoms with E-state index >= 15 is 0 Å². The highest BCUT2D eigenvalue weighted by molar-refractivity contribution is 7.92. The van der Waals surface area contributed by atoms with E-state index in [9.17, 15) is 8.42 Å². The highest BCUT2D eigenvalue weighted by atomic mass is 32.2. The van der Waals surface area contributed by atoms with Gasteiger partial charge in [-0.05, 0) is 12.3 Å². The lowest BCUT2D eigenvalue weighted by Gasteiger charge is -2.02. The van der Waals surface area contributed by atoms with E-state index < -0.39 is 10.0 Å². The Morgan fingerprint density at radius 3 is 2.67 bits per heavy atom. The van der Waals surface area contributed by atoms with E-state index in [4.69, 9.17) is 0 Å². The summed E-state index contributed by atoms with van der Waals surface area (Å²) in [5.41, 5.74) is 0.921. The zero-order chi connectivity index (χ0) is 11.5. The van der Waals surface area contributed by atoms with Gasteiger partial charge in [0.1, 0.15) is 0 Å². The van der Waals surface area contributed by atoms with Crippen molar-refractivity contribution < 1.29 is 8.42 Å². The molecule has 0 aliphatic carbocycles. The molecule has 0 fully saturated rings. The molecule has 86 valence electrons. The molecule has 5 nitrogen and oxygen atoms in total. The Labute approximate surface area is 90.3 Å². The van der Waals surface area contributed by atoms with E-state index in [1.54, 1.807) is 6.07 Å². The van der Waals surface area contributed by atoms with Crippen molar-refractivity contribution in [1.29, 1.82) is 0 Å². The zero-order valence-electron chi connectivity index (χ0n) is 9.24. The first-order valence-electron chi connectivity index (χ1n) is 5.00. The van der Waals surface area contributed by atoms with Crippen LogP contribution in [0.1, 0.15) is 38.8 Å². The number of aromatic nitrogens is 2. The molecule has 0 bridgehead atoms. The van der Waals surface area contributed by atoms with Crippen LogP contribution >= 0.6 is 0 Å². The summed E-state index contributed by atoms with van der Waals surface area (Å²) in [4.78, 5) is 0. The van der Waals surface area contributed by atoms with Gasteiger partial charge in [0.05, 0.1) is 5.75 Å². The Balaban J connectivity index is 2.73. The molecular formula is C9H17N3O2S. The van der Waals surface area contributed by atoms with Crippen molar-refractivity contribution in [1.82, 2.24) is 10.2 Å². The number of anilines is 1. The molecule has 1 aromatic rings. The van der Waals surface area contributed by atoms with Gasteiger partial charge in [-0.3, -0.25) is 9.82 Å². The first-order chi connectivity index (χ1) is 6.94. The van der Waals surface area contributed by atoms with Crippen LogP contribution in [0.15, 0.2) is 6.07 Å². The third kappa shape index (κ3) is 3.54. The largest absolute Gasteiger partial charge is 0.280 e. The number of rotatable bonds is 5. The summed E-state index contributed by atoms with van der Waals surface area (Å²) in [6.07, 6.45) is 0.594. The van der Waals surface area contributed by atoms with Crippen LogP contribution in [0, 0.1) is 0 Å². The maximum absolute atomic E-state index is 11.4. The summed E-state index contributed by atoms with van der Waals surface area (Å²) < 4.78 is 25.3. The molecule has 6 heteroatoms. The molecule has 0 saturated carbocycles. The minimum Gasteiger partial charge on any atom is -0.280 e. The number of H-pyrrole nitrogens is 1. The van der Waals surface area contributed by atoms with Gasteiger partial charge in [0.15, 0.2) is 5.82 Å². The van der Waals surface area contributed by atoms with Gasteiger partial charge in [0.25, 0.3) is 0 Å². The SMILES string of the molecule is CCCS(=O)(=O)Nc1cc(C(C)C)[nH]n1. The molecule has 1 rings (SSSR count). The second kappa shape index (κ2) is 4.65. The molecule has 0 radical (unpaired) electrons. The number of aromatic amines is 1. The molecule has 0 aliphatic rings. The van der Waals surface area contributed by atoms with Gasteiger partial charge in [-0.1, -0.05) is 20.8 Å². The minimum atomic E-state index is -3.23. The van der Waals surface area contributed by atoms with Crippen LogP contribution in [-0.2, 0) is 10.0 Å². The molecule has 2 N–H and O–H groups in total. The lowest BCUT2D eigenvalue weighted by molar-refractivity contribution is 0.599.